The number of hydrogen-bond acceptors (Lipinski definition) is 3. The summed E-state index contributed by atoms with van der Waals surface area (Å²) < 4.78 is 75.9. The molecule has 10 heteroatoms. The molecular formula is C11H15ClF4N2O2S. The van der Waals surface area contributed by atoms with Crippen LogP contribution in [0, 0.1) is 5.82 Å². The van der Waals surface area contributed by atoms with E-state index < -0.39 is 38.5 Å². The number of hydrogen-bond donors (Lipinski definition) is 1. The van der Waals surface area contributed by atoms with Crippen LogP contribution in [0.2, 0.25) is 0 Å². The molecule has 0 amide bonds. The lowest BCUT2D eigenvalue weighted by molar-refractivity contribution is -0.140. The molecule has 1 unspecified atom stereocenters. The summed E-state index contributed by atoms with van der Waals surface area (Å²) >= 11 is 0. The maximum Gasteiger partial charge on any atom is 0.419 e. The van der Waals surface area contributed by atoms with Crippen molar-refractivity contribution in [2.24, 2.45) is 5.73 Å². The van der Waals surface area contributed by atoms with E-state index in [1.165, 1.54) is 14.0 Å². The van der Waals surface area contributed by atoms with Crippen molar-refractivity contribution in [2.45, 2.75) is 24.0 Å². The van der Waals surface area contributed by atoms with Gasteiger partial charge in [-0.3, -0.25) is 0 Å². The van der Waals surface area contributed by atoms with Gasteiger partial charge < -0.3 is 5.73 Å². The summed E-state index contributed by atoms with van der Waals surface area (Å²) in [5.41, 5.74) is 3.71. The van der Waals surface area contributed by atoms with Gasteiger partial charge >= 0.3 is 6.18 Å². The largest absolute Gasteiger partial charge is 0.419 e. The van der Waals surface area contributed by atoms with Crippen LogP contribution < -0.4 is 5.73 Å². The monoisotopic (exact) mass is 350 g/mol. The van der Waals surface area contributed by atoms with Gasteiger partial charge in [-0.25, -0.2) is 12.8 Å². The fourth-order valence-electron chi connectivity index (χ4n) is 1.43. The van der Waals surface area contributed by atoms with Crippen LogP contribution in [-0.4, -0.2) is 32.4 Å². The summed E-state index contributed by atoms with van der Waals surface area (Å²) in [6.45, 7) is 1.51. The quantitative estimate of drug-likeness (QED) is 0.847. The molecule has 0 aliphatic heterocycles. The zero-order valence-electron chi connectivity index (χ0n) is 11.2. The third-order valence-corrected chi connectivity index (χ3v) is 4.85. The molecule has 0 radical (unpaired) electrons. The SMILES string of the molecule is CC(CN)N(C)S(=O)(=O)c1ccc(F)c(C(F)(F)F)c1.Cl. The van der Waals surface area contributed by atoms with Gasteiger partial charge in [-0.05, 0) is 25.1 Å². The highest BCUT2D eigenvalue weighted by atomic mass is 35.5. The van der Waals surface area contributed by atoms with E-state index in [-0.39, 0.29) is 25.0 Å². The summed E-state index contributed by atoms with van der Waals surface area (Å²) in [5.74, 6) is -1.52. The molecule has 0 heterocycles. The Morgan fingerprint density at radius 3 is 2.29 bits per heavy atom. The van der Waals surface area contributed by atoms with Gasteiger partial charge in [-0.2, -0.15) is 17.5 Å². The van der Waals surface area contributed by atoms with E-state index in [2.05, 4.69) is 0 Å². The Balaban J connectivity index is 0.00000400. The third kappa shape index (κ3) is 4.29. The first-order chi connectivity index (χ1) is 9.01. The van der Waals surface area contributed by atoms with Crippen LogP contribution in [0.5, 0.6) is 0 Å². The van der Waals surface area contributed by atoms with E-state index in [9.17, 15) is 26.0 Å². The zero-order valence-corrected chi connectivity index (χ0v) is 12.8. The first kappa shape index (κ1) is 20.1. The smallest absolute Gasteiger partial charge is 0.329 e. The maximum absolute atomic E-state index is 13.1. The van der Waals surface area contributed by atoms with E-state index in [4.69, 9.17) is 5.73 Å². The van der Waals surface area contributed by atoms with Gasteiger partial charge in [0.2, 0.25) is 10.0 Å². The molecule has 0 spiro atoms. The van der Waals surface area contributed by atoms with Gasteiger partial charge in [0.25, 0.3) is 0 Å². The first-order valence-electron chi connectivity index (χ1n) is 5.56. The molecule has 0 bridgehead atoms. The van der Waals surface area contributed by atoms with Gasteiger partial charge in [0.05, 0.1) is 10.5 Å². The van der Waals surface area contributed by atoms with Crippen LogP contribution in [-0.2, 0) is 16.2 Å². The zero-order chi connectivity index (χ0) is 15.7. The Labute approximate surface area is 126 Å². The highest BCUT2D eigenvalue weighted by molar-refractivity contribution is 7.89. The fraction of sp³-hybridized carbons (Fsp3) is 0.455. The van der Waals surface area contributed by atoms with E-state index in [1.807, 2.05) is 0 Å². The van der Waals surface area contributed by atoms with Gasteiger partial charge in [0, 0.05) is 19.6 Å². The van der Waals surface area contributed by atoms with Crippen molar-refractivity contribution >= 4 is 22.4 Å². The molecule has 0 aliphatic carbocycles. The highest BCUT2D eigenvalue weighted by Gasteiger charge is 2.36. The lowest BCUT2D eigenvalue weighted by Gasteiger charge is -2.23. The summed E-state index contributed by atoms with van der Waals surface area (Å²) in [6.07, 6.45) is -4.96. The molecule has 0 saturated heterocycles. The highest BCUT2D eigenvalue weighted by Crippen LogP contribution is 2.33. The van der Waals surface area contributed by atoms with E-state index in [0.29, 0.717) is 6.07 Å². The number of halogens is 5. The minimum atomic E-state index is -4.96. The van der Waals surface area contributed by atoms with Crippen LogP contribution in [0.3, 0.4) is 0 Å². The number of rotatable bonds is 4. The van der Waals surface area contributed by atoms with Gasteiger partial charge in [0.15, 0.2) is 0 Å². The second-order valence-electron chi connectivity index (χ2n) is 4.25. The number of alkyl halides is 3. The number of nitrogens with zero attached hydrogens (tertiary/aromatic N) is 1. The number of nitrogens with two attached hydrogens (primary N) is 1. The molecular weight excluding hydrogens is 336 g/mol. The number of benzene rings is 1. The van der Waals surface area contributed by atoms with Crippen molar-refractivity contribution in [2.75, 3.05) is 13.6 Å². The summed E-state index contributed by atoms with van der Waals surface area (Å²) in [4.78, 5) is -0.631. The second kappa shape index (κ2) is 6.91. The average molecular weight is 351 g/mol. The van der Waals surface area contributed by atoms with Gasteiger partial charge in [-0.15, -0.1) is 12.4 Å². The standard InChI is InChI=1S/C11H14F4N2O2S.ClH/c1-7(6-16)17(2)20(18,19)8-3-4-10(12)9(5-8)11(13,14)15;/h3-5,7H,6,16H2,1-2H3;1H. The van der Waals surface area contributed by atoms with E-state index in [0.717, 1.165) is 10.4 Å². The van der Waals surface area contributed by atoms with E-state index >= 15 is 0 Å². The van der Waals surface area contributed by atoms with Crippen LogP contribution in [0.4, 0.5) is 17.6 Å². The minimum absolute atomic E-state index is 0. The summed E-state index contributed by atoms with van der Waals surface area (Å²) in [6, 6.07) is 0.958. The maximum atomic E-state index is 13.1. The normalized spacial score (nSPS) is 13.9. The van der Waals surface area contributed by atoms with Crippen LogP contribution in [0.1, 0.15) is 12.5 Å². The number of sulfonamides is 1. The van der Waals surface area contributed by atoms with Crippen molar-refractivity contribution in [3.05, 3.63) is 29.6 Å². The predicted molar refractivity (Wildman–Crippen MR) is 72.1 cm³/mol. The fourth-order valence-corrected chi connectivity index (χ4v) is 2.83. The molecule has 4 nitrogen and oxygen atoms in total. The molecule has 0 aliphatic rings. The minimum Gasteiger partial charge on any atom is -0.329 e. The molecule has 0 fully saturated rings. The average Bonchev–Trinajstić information content (AvgIpc) is 2.35. The van der Waals surface area contributed by atoms with Crippen molar-refractivity contribution < 1.29 is 26.0 Å². The predicted octanol–water partition coefficient (Wildman–Crippen LogP) is 2.23. The van der Waals surface area contributed by atoms with Crippen LogP contribution >= 0.6 is 12.4 Å². The van der Waals surface area contributed by atoms with E-state index in [1.54, 1.807) is 0 Å². The second-order valence-corrected chi connectivity index (χ2v) is 6.24. The molecule has 0 saturated carbocycles. The first-order valence-corrected chi connectivity index (χ1v) is 7.00. The Kier molecular flexibility index (Phi) is 6.61. The summed E-state index contributed by atoms with van der Waals surface area (Å²) in [5, 5.41) is 0. The number of likely N-dealkylation sites (N-methyl/N-ethyl adjacent to an activating group) is 1. The lowest BCUT2D eigenvalue weighted by atomic mass is 10.2. The topological polar surface area (TPSA) is 63.4 Å². The van der Waals surface area contributed by atoms with Gasteiger partial charge in [-0.1, -0.05) is 0 Å². The lowest BCUT2D eigenvalue weighted by Crippen LogP contribution is -2.39. The Hall–Kier alpha value is -0.900. The van der Waals surface area contributed by atoms with Crippen LogP contribution in [0.25, 0.3) is 0 Å². The Morgan fingerprint density at radius 2 is 1.86 bits per heavy atom. The molecule has 1 aromatic carbocycles. The van der Waals surface area contributed by atoms with Crippen molar-refractivity contribution in [1.29, 1.82) is 0 Å². The van der Waals surface area contributed by atoms with Crippen molar-refractivity contribution in [3.63, 3.8) is 0 Å². The molecule has 122 valence electrons. The Bertz CT molecular complexity index is 592. The molecule has 1 rings (SSSR count). The third-order valence-electron chi connectivity index (χ3n) is 2.88. The summed E-state index contributed by atoms with van der Waals surface area (Å²) in [7, 11) is -2.97. The van der Waals surface area contributed by atoms with Crippen molar-refractivity contribution in [1.82, 2.24) is 4.31 Å². The Morgan fingerprint density at radius 1 is 1.33 bits per heavy atom. The molecule has 21 heavy (non-hydrogen) atoms. The molecule has 2 N–H and O–H groups in total. The van der Waals surface area contributed by atoms with Crippen molar-refractivity contribution in [3.8, 4) is 0 Å². The van der Waals surface area contributed by atoms with Crippen LogP contribution in [0.15, 0.2) is 23.1 Å². The molecule has 1 aromatic rings. The van der Waals surface area contributed by atoms with Gasteiger partial charge in [0.1, 0.15) is 5.82 Å². The molecule has 0 aromatic heterocycles. The molecule has 1 atom stereocenters.